The summed E-state index contributed by atoms with van der Waals surface area (Å²) < 4.78 is 5.07. The van der Waals surface area contributed by atoms with Crippen molar-refractivity contribution < 1.29 is 14.3 Å². The molecule has 0 N–H and O–H groups in total. The maximum absolute atomic E-state index is 13.0. The summed E-state index contributed by atoms with van der Waals surface area (Å²) >= 11 is 0. The highest BCUT2D eigenvalue weighted by Crippen LogP contribution is 2.60. The Labute approximate surface area is 168 Å². The topological polar surface area (TPSA) is 53.1 Å². The second-order valence-corrected chi connectivity index (χ2v) is 9.08. The van der Waals surface area contributed by atoms with Crippen LogP contribution in [0.1, 0.15) is 45.4 Å². The van der Waals surface area contributed by atoms with Gasteiger partial charge in [-0.15, -0.1) is 0 Å². The minimum atomic E-state index is -0.252. The fraction of sp³-hybridized carbons (Fsp3) is 0.818. The maximum Gasteiger partial charge on any atom is 0.409 e. The van der Waals surface area contributed by atoms with E-state index in [0.717, 1.165) is 25.4 Å². The third-order valence-corrected chi connectivity index (χ3v) is 7.35. The number of likely N-dealkylation sites (tertiary alicyclic amines) is 1. The van der Waals surface area contributed by atoms with E-state index in [2.05, 4.69) is 17.1 Å². The zero-order chi connectivity index (χ0) is 19.6. The minimum absolute atomic E-state index is 0.224. The van der Waals surface area contributed by atoms with Crippen LogP contribution in [-0.4, -0.2) is 79.1 Å². The van der Waals surface area contributed by atoms with Crippen molar-refractivity contribution >= 4 is 12.0 Å². The van der Waals surface area contributed by atoms with Crippen LogP contribution in [-0.2, 0) is 9.53 Å². The Balaban J connectivity index is 1.21. The van der Waals surface area contributed by atoms with E-state index in [4.69, 9.17) is 4.74 Å². The Hall–Kier alpha value is -1.56. The summed E-state index contributed by atoms with van der Waals surface area (Å²) in [4.78, 5) is 31.2. The quantitative estimate of drug-likeness (QED) is 0.694. The van der Waals surface area contributed by atoms with E-state index in [1.54, 1.807) is 4.90 Å². The van der Waals surface area contributed by atoms with Gasteiger partial charge < -0.3 is 19.4 Å². The van der Waals surface area contributed by atoms with Gasteiger partial charge in [0.1, 0.15) is 0 Å². The van der Waals surface area contributed by atoms with Crippen molar-refractivity contribution in [1.29, 1.82) is 0 Å². The molecule has 0 bridgehead atoms. The number of piperidine rings is 1. The molecule has 4 rings (SSSR count). The van der Waals surface area contributed by atoms with Gasteiger partial charge in [-0.3, -0.25) is 4.79 Å². The second kappa shape index (κ2) is 8.44. The first-order chi connectivity index (χ1) is 13.6. The van der Waals surface area contributed by atoms with Crippen LogP contribution in [0.5, 0.6) is 0 Å². The molecule has 1 spiro atoms. The van der Waals surface area contributed by atoms with Gasteiger partial charge in [-0.1, -0.05) is 12.2 Å². The molecule has 6 nitrogen and oxygen atoms in total. The Kier molecular flexibility index (Phi) is 5.95. The number of carbonyl (C=O) groups is 2. The lowest BCUT2D eigenvalue weighted by atomic mass is 9.88. The summed E-state index contributed by atoms with van der Waals surface area (Å²) in [5.41, 5.74) is 0.276. The summed E-state index contributed by atoms with van der Waals surface area (Å²) in [5.74, 6) is 1.38. The molecule has 28 heavy (non-hydrogen) atoms. The molecule has 0 aromatic heterocycles. The van der Waals surface area contributed by atoms with Crippen LogP contribution in [0.3, 0.4) is 0 Å². The average Bonchev–Trinajstić information content (AvgIpc) is 3.44. The van der Waals surface area contributed by atoms with Gasteiger partial charge in [0.25, 0.3) is 0 Å². The van der Waals surface area contributed by atoms with Gasteiger partial charge in [0, 0.05) is 38.6 Å². The summed E-state index contributed by atoms with van der Waals surface area (Å²) in [6, 6.07) is 0. The molecule has 1 saturated carbocycles. The number of piperazine rings is 1. The largest absolute Gasteiger partial charge is 0.450 e. The van der Waals surface area contributed by atoms with Crippen molar-refractivity contribution in [2.45, 2.75) is 45.4 Å². The second-order valence-electron chi connectivity index (χ2n) is 9.08. The molecule has 0 aromatic carbocycles. The summed E-state index contributed by atoms with van der Waals surface area (Å²) in [5, 5.41) is 0. The summed E-state index contributed by atoms with van der Waals surface area (Å²) in [6.07, 6.45) is 11.6. The van der Waals surface area contributed by atoms with E-state index < -0.39 is 0 Å². The first kappa shape index (κ1) is 19.7. The van der Waals surface area contributed by atoms with Gasteiger partial charge in [-0.2, -0.15) is 0 Å². The molecule has 2 atom stereocenters. The summed E-state index contributed by atoms with van der Waals surface area (Å²) in [6.45, 7) is 8.23. The number of amides is 2. The summed E-state index contributed by atoms with van der Waals surface area (Å²) in [7, 11) is 0. The van der Waals surface area contributed by atoms with Crippen molar-refractivity contribution in [2.24, 2.45) is 17.3 Å². The first-order valence-corrected chi connectivity index (χ1v) is 11.2. The third-order valence-electron chi connectivity index (χ3n) is 7.35. The SMILES string of the molecule is CCOC(=O)N1CCN(C(=O)[C@@H]2CC23CCN(C[C@H]2CC=CCC2)CC3)CC1. The first-order valence-electron chi connectivity index (χ1n) is 11.2. The van der Waals surface area contributed by atoms with E-state index in [-0.39, 0.29) is 17.4 Å². The Morgan fingerprint density at radius 2 is 1.75 bits per heavy atom. The van der Waals surface area contributed by atoms with Crippen LogP contribution in [0.4, 0.5) is 4.79 Å². The number of carbonyl (C=O) groups excluding carboxylic acids is 2. The van der Waals surface area contributed by atoms with Crippen LogP contribution in [0.2, 0.25) is 0 Å². The zero-order valence-electron chi connectivity index (χ0n) is 17.3. The molecule has 156 valence electrons. The number of rotatable bonds is 4. The normalized spacial score (nSPS) is 29.8. The van der Waals surface area contributed by atoms with Gasteiger partial charge in [-0.25, -0.2) is 4.79 Å². The van der Waals surface area contributed by atoms with Crippen molar-refractivity contribution in [1.82, 2.24) is 14.7 Å². The monoisotopic (exact) mass is 389 g/mol. The molecular weight excluding hydrogens is 354 g/mol. The van der Waals surface area contributed by atoms with E-state index >= 15 is 0 Å². The highest BCUT2D eigenvalue weighted by atomic mass is 16.6. The average molecular weight is 390 g/mol. The molecule has 2 aliphatic heterocycles. The molecule has 6 heteroatoms. The molecule has 0 radical (unpaired) electrons. The van der Waals surface area contributed by atoms with Crippen molar-refractivity contribution in [3.05, 3.63) is 12.2 Å². The predicted octanol–water partition coefficient (Wildman–Crippen LogP) is 2.75. The minimum Gasteiger partial charge on any atom is -0.450 e. The van der Waals surface area contributed by atoms with E-state index in [1.807, 2.05) is 11.8 Å². The van der Waals surface area contributed by atoms with Crippen molar-refractivity contribution in [3.63, 3.8) is 0 Å². The fourth-order valence-corrected chi connectivity index (χ4v) is 5.36. The standard InChI is InChI=1S/C22H35N3O3/c1-2-28-21(27)25-14-12-24(13-15-25)20(26)19-16-22(19)8-10-23(11-9-22)17-18-6-4-3-5-7-18/h3-4,18-19H,2,5-17H2,1H3/t18-,19-/m0/s1. The predicted molar refractivity (Wildman–Crippen MR) is 108 cm³/mol. The zero-order valence-corrected chi connectivity index (χ0v) is 17.3. The molecule has 0 unspecified atom stereocenters. The Bertz CT molecular complexity index is 604. The van der Waals surface area contributed by atoms with Gasteiger partial charge in [0.05, 0.1) is 6.61 Å². The van der Waals surface area contributed by atoms with Gasteiger partial charge in [0.15, 0.2) is 0 Å². The molecule has 2 heterocycles. The van der Waals surface area contributed by atoms with Gasteiger partial charge >= 0.3 is 6.09 Å². The highest BCUT2D eigenvalue weighted by Gasteiger charge is 2.59. The molecule has 2 amide bonds. The maximum atomic E-state index is 13.0. The van der Waals surface area contributed by atoms with Crippen LogP contribution < -0.4 is 0 Å². The molecule has 3 fully saturated rings. The molecule has 2 aliphatic carbocycles. The van der Waals surface area contributed by atoms with Gasteiger partial charge in [-0.05, 0) is 69.9 Å². The Morgan fingerprint density at radius 3 is 2.39 bits per heavy atom. The lowest BCUT2D eigenvalue weighted by Gasteiger charge is -2.37. The van der Waals surface area contributed by atoms with E-state index in [1.165, 1.54) is 38.6 Å². The highest BCUT2D eigenvalue weighted by molar-refractivity contribution is 5.83. The number of hydrogen-bond acceptors (Lipinski definition) is 4. The lowest BCUT2D eigenvalue weighted by molar-refractivity contribution is -0.135. The van der Waals surface area contributed by atoms with Crippen LogP contribution >= 0.6 is 0 Å². The fourth-order valence-electron chi connectivity index (χ4n) is 5.36. The Morgan fingerprint density at radius 1 is 1.04 bits per heavy atom. The van der Waals surface area contributed by atoms with Gasteiger partial charge in [0.2, 0.25) is 5.91 Å². The van der Waals surface area contributed by atoms with E-state index in [9.17, 15) is 9.59 Å². The third kappa shape index (κ3) is 4.22. The van der Waals surface area contributed by atoms with Crippen LogP contribution in [0.15, 0.2) is 12.2 Å². The van der Waals surface area contributed by atoms with Crippen LogP contribution in [0, 0.1) is 17.3 Å². The number of allylic oxidation sites excluding steroid dienone is 2. The number of hydrogen-bond donors (Lipinski definition) is 0. The van der Waals surface area contributed by atoms with Crippen LogP contribution in [0.25, 0.3) is 0 Å². The molecule has 4 aliphatic rings. The molecule has 0 aromatic rings. The molecular formula is C22H35N3O3. The van der Waals surface area contributed by atoms with Crippen molar-refractivity contribution in [3.8, 4) is 0 Å². The number of ether oxygens (including phenoxy) is 1. The smallest absolute Gasteiger partial charge is 0.409 e. The lowest BCUT2D eigenvalue weighted by Crippen LogP contribution is -2.51. The number of nitrogens with zero attached hydrogens (tertiary/aromatic N) is 3. The van der Waals surface area contributed by atoms with E-state index in [0.29, 0.717) is 38.7 Å². The van der Waals surface area contributed by atoms with Crippen molar-refractivity contribution in [2.75, 3.05) is 52.4 Å². The molecule has 2 saturated heterocycles.